The molecular weight excluding hydrogens is 234 g/mol. The largest absolute Gasteiger partial charge is 0.377 e. The molecular formula is C12H21N3O3. The van der Waals surface area contributed by atoms with Crippen molar-refractivity contribution in [3.8, 4) is 0 Å². The van der Waals surface area contributed by atoms with Gasteiger partial charge in [-0.05, 0) is 12.8 Å². The van der Waals surface area contributed by atoms with Crippen LogP contribution in [0.1, 0.15) is 19.3 Å². The first kappa shape index (κ1) is 13.3. The molecule has 2 amide bonds. The summed E-state index contributed by atoms with van der Waals surface area (Å²) in [6, 6.07) is 0.134. The van der Waals surface area contributed by atoms with Gasteiger partial charge in [0.05, 0.1) is 13.2 Å². The third-order valence-corrected chi connectivity index (χ3v) is 3.35. The number of ether oxygens (including phenoxy) is 1. The van der Waals surface area contributed by atoms with Crippen LogP contribution in [0, 0.1) is 0 Å². The molecule has 18 heavy (non-hydrogen) atoms. The zero-order chi connectivity index (χ0) is 13.0. The maximum atomic E-state index is 12.1. The summed E-state index contributed by atoms with van der Waals surface area (Å²) in [6.07, 6.45) is 2.88. The third-order valence-electron chi connectivity index (χ3n) is 3.35. The Balaban J connectivity index is 1.82. The van der Waals surface area contributed by atoms with Crippen molar-refractivity contribution >= 4 is 11.8 Å². The van der Waals surface area contributed by atoms with Crippen LogP contribution in [0.15, 0.2) is 0 Å². The van der Waals surface area contributed by atoms with E-state index in [0.29, 0.717) is 38.8 Å². The van der Waals surface area contributed by atoms with Crippen molar-refractivity contribution in [2.24, 2.45) is 0 Å². The lowest BCUT2D eigenvalue weighted by atomic mass is 10.2. The molecule has 0 aromatic carbocycles. The molecule has 1 saturated carbocycles. The summed E-state index contributed by atoms with van der Waals surface area (Å²) in [7, 11) is 1.58. The molecule has 1 aliphatic heterocycles. The quantitative estimate of drug-likeness (QED) is 0.668. The zero-order valence-electron chi connectivity index (χ0n) is 10.8. The van der Waals surface area contributed by atoms with Gasteiger partial charge in [0.2, 0.25) is 11.8 Å². The Bertz CT molecular complexity index is 318. The first-order chi connectivity index (χ1) is 8.72. The predicted octanol–water partition coefficient (Wildman–Crippen LogP) is -0.898. The van der Waals surface area contributed by atoms with E-state index >= 15 is 0 Å². The van der Waals surface area contributed by atoms with Crippen molar-refractivity contribution < 1.29 is 14.3 Å². The minimum Gasteiger partial charge on any atom is -0.377 e. The second kappa shape index (κ2) is 6.15. The SMILES string of the molecule is CNC(=O)C1COCCN1C(=O)CCNC1CC1. The van der Waals surface area contributed by atoms with E-state index in [1.165, 1.54) is 12.8 Å². The van der Waals surface area contributed by atoms with Gasteiger partial charge in [-0.25, -0.2) is 0 Å². The maximum absolute atomic E-state index is 12.1. The van der Waals surface area contributed by atoms with Gasteiger partial charge in [-0.3, -0.25) is 9.59 Å². The summed E-state index contributed by atoms with van der Waals surface area (Å²) in [4.78, 5) is 25.4. The fourth-order valence-corrected chi connectivity index (χ4v) is 2.10. The molecule has 1 heterocycles. The highest BCUT2D eigenvalue weighted by Gasteiger charge is 2.32. The lowest BCUT2D eigenvalue weighted by Gasteiger charge is -2.34. The number of carbonyl (C=O) groups excluding carboxylic acids is 2. The van der Waals surface area contributed by atoms with E-state index in [2.05, 4.69) is 10.6 Å². The first-order valence-corrected chi connectivity index (χ1v) is 6.54. The predicted molar refractivity (Wildman–Crippen MR) is 66.0 cm³/mol. The summed E-state index contributed by atoms with van der Waals surface area (Å²) in [5.74, 6) is -0.127. The Morgan fingerprint density at radius 2 is 2.17 bits per heavy atom. The second-order valence-corrected chi connectivity index (χ2v) is 4.77. The van der Waals surface area contributed by atoms with E-state index < -0.39 is 6.04 Å². The minimum atomic E-state index is -0.475. The Morgan fingerprint density at radius 1 is 1.39 bits per heavy atom. The van der Waals surface area contributed by atoms with Crippen molar-refractivity contribution in [3.63, 3.8) is 0 Å². The Labute approximate surface area is 107 Å². The monoisotopic (exact) mass is 255 g/mol. The second-order valence-electron chi connectivity index (χ2n) is 4.77. The number of likely N-dealkylation sites (N-methyl/N-ethyl adjacent to an activating group) is 1. The fourth-order valence-electron chi connectivity index (χ4n) is 2.10. The first-order valence-electron chi connectivity index (χ1n) is 6.54. The van der Waals surface area contributed by atoms with E-state index in [4.69, 9.17) is 4.74 Å². The van der Waals surface area contributed by atoms with Gasteiger partial charge in [0.15, 0.2) is 0 Å². The highest BCUT2D eigenvalue weighted by atomic mass is 16.5. The molecule has 2 rings (SSSR count). The minimum absolute atomic E-state index is 0.0278. The topological polar surface area (TPSA) is 70.7 Å². The van der Waals surface area contributed by atoms with Gasteiger partial charge in [0.25, 0.3) is 0 Å². The summed E-state index contributed by atoms with van der Waals surface area (Å²) in [5, 5.41) is 5.88. The summed E-state index contributed by atoms with van der Waals surface area (Å²) in [5.41, 5.74) is 0. The number of nitrogens with zero attached hydrogens (tertiary/aromatic N) is 1. The van der Waals surface area contributed by atoms with Gasteiger partial charge in [0.1, 0.15) is 6.04 Å². The van der Waals surface area contributed by atoms with Crippen molar-refractivity contribution in [2.45, 2.75) is 31.3 Å². The molecule has 0 aromatic heterocycles. The summed E-state index contributed by atoms with van der Waals surface area (Å²) in [6.45, 7) is 2.00. The number of morpholine rings is 1. The van der Waals surface area contributed by atoms with E-state index in [0.717, 1.165) is 0 Å². The normalized spacial score (nSPS) is 23.8. The van der Waals surface area contributed by atoms with Gasteiger partial charge < -0.3 is 20.3 Å². The van der Waals surface area contributed by atoms with Crippen molar-refractivity contribution in [1.82, 2.24) is 15.5 Å². The van der Waals surface area contributed by atoms with E-state index in [1.54, 1.807) is 11.9 Å². The van der Waals surface area contributed by atoms with Crippen LogP contribution in [-0.4, -0.2) is 62.1 Å². The number of hydrogen-bond acceptors (Lipinski definition) is 4. The van der Waals surface area contributed by atoms with Gasteiger partial charge in [-0.15, -0.1) is 0 Å². The molecule has 2 fully saturated rings. The molecule has 6 nitrogen and oxygen atoms in total. The number of nitrogens with one attached hydrogen (secondary N) is 2. The number of amides is 2. The van der Waals surface area contributed by atoms with Crippen LogP contribution < -0.4 is 10.6 Å². The van der Waals surface area contributed by atoms with E-state index in [1.807, 2.05) is 0 Å². The van der Waals surface area contributed by atoms with Crippen molar-refractivity contribution in [2.75, 3.05) is 33.4 Å². The van der Waals surface area contributed by atoms with Crippen LogP contribution in [0.25, 0.3) is 0 Å². The smallest absolute Gasteiger partial charge is 0.244 e. The molecule has 0 bridgehead atoms. The standard InChI is InChI=1S/C12H21N3O3/c1-13-12(17)10-8-18-7-6-15(10)11(16)4-5-14-9-2-3-9/h9-10,14H,2-8H2,1H3,(H,13,17). The van der Waals surface area contributed by atoms with Crippen LogP contribution in [0.3, 0.4) is 0 Å². The lowest BCUT2D eigenvalue weighted by Crippen LogP contribution is -2.55. The maximum Gasteiger partial charge on any atom is 0.244 e. The Hall–Kier alpha value is -1.14. The Morgan fingerprint density at radius 3 is 2.83 bits per heavy atom. The van der Waals surface area contributed by atoms with E-state index in [-0.39, 0.29) is 11.8 Å². The number of carbonyl (C=O) groups is 2. The average Bonchev–Trinajstić information content (AvgIpc) is 3.22. The summed E-state index contributed by atoms with van der Waals surface area (Å²) >= 11 is 0. The third kappa shape index (κ3) is 3.43. The Kier molecular flexibility index (Phi) is 4.54. The molecule has 0 radical (unpaired) electrons. The average molecular weight is 255 g/mol. The number of hydrogen-bond donors (Lipinski definition) is 2. The van der Waals surface area contributed by atoms with Crippen LogP contribution in [0.5, 0.6) is 0 Å². The zero-order valence-corrected chi connectivity index (χ0v) is 10.8. The van der Waals surface area contributed by atoms with E-state index in [9.17, 15) is 9.59 Å². The van der Waals surface area contributed by atoms with Gasteiger partial charge >= 0.3 is 0 Å². The van der Waals surface area contributed by atoms with Gasteiger partial charge in [0, 0.05) is 32.6 Å². The molecule has 2 aliphatic rings. The lowest BCUT2D eigenvalue weighted by molar-refractivity contribution is -0.148. The van der Waals surface area contributed by atoms with Gasteiger partial charge in [-0.2, -0.15) is 0 Å². The molecule has 1 atom stereocenters. The molecule has 1 unspecified atom stereocenters. The molecule has 1 saturated heterocycles. The molecule has 1 aliphatic carbocycles. The fraction of sp³-hybridized carbons (Fsp3) is 0.833. The van der Waals surface area contributed by atoms with Crippen molar-refractivity contribution in [3.05, 3.63) is 0 Å². The summed E-state index contributed by atoms with van der Waals surface area (Å²) < 4.78 is 5.27. The van der Waals surface area contributed by atoms with Crippen LogP contribution in [0.4, 0.5) is 0 Å². The molecule has 0 spiro atoms. The molecule has 0 aromatic rings. The van der Waals surface area contributed by atoms with Crippen LogP contribution in [0.2, 0.25) is 0 Å². The van der Waals surface area contributed by atoms with Crippen molar-refractivity contribution in [1.29, 1.82) is 0 Å². The highest BCUT2D eigenvalue weighted by Crippen LogP contribution is 2.18. The molecule has 2 N–H and O–H groups in total. The highest BCUT2D eigenvalue weighted by molar-refractivity contribution is 5.87. The van der Waals surface area contributed by atoms with Crippen LogP contribution in [-0.2, 0) is 14.3 Å². The molecule has 102 valence electrons. The number of rotatable bonds is 5. The molecule has 6 heteroatoms. The van der Waals surface area contributed by atoms with Crippen LogP contribution >= 0.6 is 0 Å². The van der Waals surface area contributed by atoms with Gasteiger partial charge in [-0.1, -0.05) is 0 Å².